The molecule has 1 aromatic heterocycles. The van der Waals surface area contributed by atoms with E-state index < -0.39 is 11.8 Å². The normalized spacial score (nSPS) is 10.7. The van der Waals surface area contributed by atoms with Gasteiger partial charge in [-0.2, -0.15) is 0 Å². The fraction of sp³-hybridized carbons (Fsp3) is 0.158. The molecule has 0 atom stereocenters. The number of H-pyrrole nitrogens is 1. The van der Waals surface area contributed by atoms with Crippen molar-refractivity contribution in [2.75, 3.05) is 21.3 Å². The highest BCUT2D eigenvalue weighted by molar-refractivity contribution is 6.32. The number of carbonyl (C=O) groups excluding carboxylic acids is 2. The Balaban J connectivity index is 2.27. The number of ketones is 1. The molecule has 0 saturated carbocycles. The second kappa shape index (κ2) is 7.20. The van der Waals surface area contributed by atoms with Crippen LogP contribution in [-0.4, -0.2) is 43.2 Å². The van der Waals surface area contributed by atoms with Crippen LogP contribution < -0.4 is 9.47 Å². The first kappa shape index (κ1) is 18.6. The first-order valence-electron chi connectivity index (χ1n) is 7.80. The standard InChI is InChI=1S/C19H16ClNO6/c1-25-13-6-9(7-14(26-2)18(13)23)17(22)15-11-8-10(20)4-5-12(11)21-16(15)19(24)27-3/h4-8,21,23H,1-3H3. The van der Waals surface area contributed by atoms with Gasteiger partial charge in [0, 0.05) is 21.5 Å². The lowest BCUT2D eigenvalue weighted by molar-refractivity contribution is 0.0592. The van der Waals surface area contributed by atoms with Gasteiger partial charge in [-0.05, 0) is 30.3 Å². The zero-order valence-electron chi connectivity index (χ0n) is 14.8. The topological polar surface area (TPSA) is 97.9 Å². The quantitative estimate of drug-likeness (QED) is 0.511. The summed E-state index contributed by atoms with van der Waals surface area (Å²) in [5.74, 6) is -1.28. The summed E-state index contributed by atoms with van der Waals surface area (Å²) >= 11 is 6.07. The Morgan fingerprint density at radius 1 is 1.04 bits per heavy atom. The zero-order chi connectivity index (χ0) is 19.7. The fourth-order valence-corrected chi connectivity index (χ4v) is 3.00. The second-order valence-corrected chi connectivity index (χ2v) is 6.05. The smallest absolute Gasteiger partial charge is 0.355 e. The van der Waals surface area contributed by atoms with E-state index in [1.54, 1.807) is 18.2 Å². The van der Waals surface area contributed by atoms with E-state index in [0.717, 1.165) is 0 Å². The Labute approximate surface area is 159 Å². The Hall–Kier alpha value is -3.19. The number of aromatic amines is 1. The van der Waals surface area contributed by atoms with Crippen molar-refractivity contribution < 1.29 is 28.9 Å². The highest BCUT2D eigenvalue weighted by atomic mass is 35.5. The van der Waals surface area contributed by atoms with Gasteiger partial charge in [-0.15, -0.1) is 0 Å². The second-order valence-electron chi connectivity index (χ2n) is 5.61. The van der Waals surface area contributed by atoms with Crippen LogP contribution in [0.5, 0.6) is 17.2 Å². The number of nitrogens with one attached hydrogen (secondary N) is 1. The van der Waals surface area contributed by atoms with Crippen LogP contribution in [0.3, 0.4) is 0 Å². The number of aromatic nitrogens is 1. The molecule has 7 nitrogen and oxygen atoms in total. The third kappa shape index (κ3) is 3.17. The summed E-state index contributed by atoms with van der Waals surface area (Å²) in [5.41, 5.74) is 0.827. The summed E-state index contributed by atoms with van der Waals surface area (Å²) in [6, 6.07) is 7.62. The first-order chi connectivity index (χ1) is 12.9. The number of esters is 1. The maximum absolute atomic E-state index is 13.3. The lowest BCUT2D eigenvalue weighted by Crippen LogP contribution is -2.11. The van der Waals surface area contributed by atoms with E-state index in [0.29, 0.717) is 15.9 Å². The average Bonchev–Trinajstić information content (AvgIpc) is 3.05. The van der Waals surface area contributed by atoms with Gasteiger partial charge in [-0.1, -0.05) is 11.6 Å². The predicted molar refractivity (Wildman–Crippen MR) is 99.3 cm³/mol. The minimum Gasteiger partial charge on any atom is -0.502 e. The van der Waals surface area contributed by atoms with E-state index in [9.17, 15) is 14.7 Å². The lowest BCUT2D eigenvalue weighted by atomic mass is 9.99. The van der Waals surface area contributed by atoms with Crippen LogP contribution in [0.2, 0.25) is 5.02 Å². The zero-order valence-corrected chi connectivity index (χ0v) is 15.5. The summed E-state index contributed by atoms with van der Waals surface area (Å²) in [4.78, 5) is 28.4. The van der Waals surface area contributed by atoms with E-state index in [4.69, 9.17) is 25.8 Å². The number of phenols is 1. The Bertz CT molecular complexity index is 1030. The number of aromatic hydroxyl groups is 1. The molecule has 0 saturated heterocycles. The molecule has 0 unspecified atom stereocenters. The van der Waals surface area contributed by atoms with Crippen molar-refractivity contribution in [3.05, 3.63) is 52.2 Å². The van der Waals surface area contributed by atoms with Gasteiger partial charge in [0.15, 0.2) is 17.3 Å². The van der Waals surface area contributed by atoms with Crippen LogP contribution in [0.25, 0.3) is 10.9 Å². The van der Waals surface area contributed by atoms with Crippen LogP contribution in [-0.2, 0) is 4.74 Å². The number of carbonyl (C=O) groups is 2. The van der Waals surface area contributed by atoms with Crippen molar-refractivity contribution >= 4 is 34.3 Å². The van der Waals surface area contributed by atoms with Crippen LogP contribution in [0.1, 0.15) is 26.4 Å². The van der Waals surface area contributed by atoms with Crippen molar-refractivity contribution in [2.45, 2.75) is 0 Å². The lowest BCUT2D eigenvalue weighted by Gasteiger charge is -2.11. The highest BCUT2D eigenvalue weighted by Gasteiger charge is 2.26. The predicted octanol–water partition coefficient (Wildman–Crippen LogP) is 3.56. The molecule has 0 aliphatic rings. The third-order valence-electron chi connectivity index (χ3n) is 4.12. The van der Waals surface area contributed by atoms with E-state index in [-0.39, 0.29) is 34.1 Å². The van der Waals surface area contributed by atoms with Crippen LogP contribution in [0.15, 0.2) is 30.3 Å². The van der Waals surface area contributed by atoms with E-state index in [1.807, 2.05) is 0 Å². The third-order valence-corrected chi connectivity index (χ3v) is 4.35. The van der Waals surface area contributed by atoms with Gasteiger partial charge in [-0.3, -0.25) is 4.79 Å². The molecule has 2 N–H and O–H groups in total. The van der Waals surface area contributed by atoms with Crippen molar-refractivity contribution in [2.24, 2.45) is 0 Å². The summed E-state index contributed by atoms with van der Waals surface area (Å²) in [6.45, 7) is 0. The van der Waals surface area contributed by atoms with Gasteiger partial charge < -0.3 is 24.3 Å². The monoisotopic (exact) mass is 389 g/mol. The van der Waals surface area contributed by atoms with Crippen LogP contribution >= 0.6 is 11.6 Å². The van der Waals surface area contributed by atoms with Gasteiger partial charge in [0.2, 0.25) is 5.75 Å². The summed E-state index contributed by atoms with van der Waals surface area (Å²) in [5, 5.41) is 10.9. The number of ether oxygens (including phenoxy) is 3. The van der Waals surface area contributed by atoms with E-state index >= 15 is 0 Å². The number of rotatable bonds is 5. The molecule has 0 amide bonds. The summed E-state index contributed by atoms with van der Waals surface area (Å²) in [7, 11) is 3.93. The van der Waals surface area contributed by atoms with Crippen LogP contribution in [0.4, 0.5) is 0 Å². The fourth-order valence-electron chi connectivity index (χ4n) is 2.82. The van der Waals surface area contributed by atoms with Gasteiger partial charge in [0.1, 0.15) is 5.69 Å². The van der Waals surface area contributed by atoms with Gasteiger partial charge in [0.25, 0.3) is 0 Å². The molecule has 0 bridgehead atoms. The van der Waals surface area contributed by atoms with Crippen LogP contribution in [0, 0.1) is 0 Å². The van der Waals surface area contributed by atoms with Gasteiger partial charge >= 0.3 is 5.97 Å². The molecular formula is C19H16ClNO6. The van der Waals surface area contributed by atoms with Crippen molar-refractivity contribution in [3.8, 4) is 17.2 Å². The summed E-state index contributed by atoms with van der Waals surface area (Å²) < 4.78 is 15.0. The van der Waals surface area contributed by atoms with Crippen molar-refractivity contribution in [1.29, 1.82) is 0 Å². The minimum absolute atomic E-state index is 0.00535. The number of phenolic OH excluding ortho intramolecular Hbond substituents is 1. The largest absolute Gasteiger partial charge is 0.502 e. The highest BCUT2D eigenvalue weighted by Crippen LogP contribution is 2.38. The van der Waals surface area contributed by atoms with E-state index in [2.05, 4.69) is 4.98 Å². The number of hydrogen-bond acceptors (Lipinski definition) is 6. The number of methoxy groups -OCH3 is 3. The molecule has 0 fully saturated rings. The number of halogens is 1. The van der Waals surface area contributed by atoms with E-state index in [1.165, 1.54) is 33.5 Å². The molecule has 8 heteroatoms. The molecule has 1 heterocycles. The van der Waals surface area contributed by atoms with Crippen molar-refractivity contribution in [3.63, 3.8) is 0 Å². The molecule has 3 rings (SSSR count). The molecule has 2 aromatic carbocycles. The molecule has 0 aliphatic carbocycles. The number of benzene rings is 2. The Kier molecular flexibility index (Phi) is 4.96. The molecular weight excluding hydrogens is 374 g/mol. The SMILES string of the molecule is COC(=O)c1[nH]c2ccc(Cl)cc2c1C(=O)c1cc(OC)c(O)c(OC)c1. The molecule has 0 aliphatic heterocycles. The molecule has 140 valence electrons. The molecule has 3 aromatic rings. The maximum Gasteiger partial charge on any atom is 0.355 e. The number of fused-ring (bicyclic) bond motifs is 1. The molecule has 0 radical (unpaired) electrons. The maximum atomic E-state index is 13.3. The van der Waals surface area contributed by atoms with Crippen molar-refractivity contribution in [1.82, 2.24) is 4.98 Å². The molecule has 27 heavy (non-hydrogen) atoms. The average molecular weight is 390 g/mol. The van der Waals surface area contributed by atoms with Gasteiger partial charge in [-0.25, -0.2) is 4.79 Å². The summed E-state index contributed by atoms with van der Waals surface area (Å²) in [6.07, 6.45) is 0. The first-order valence-corrected chi connectivity index (χ1v) is 8.18. The number of hydrogen-bond donors (Lipinski definition) is 2. The minimum atomic E-state index is -0.691. The Morgan fingerprint density at radius 2 is 1.67 bits per heavy atom. The van der Waals surface area contributed by atoms with Gasteiger partial charge in [0.05, 0.1) is 26.9 Å². The molecule has 0 spiro atoms. The Morgan fingerprint density at radius 3 is 2.22 bits per heavy atom.